The van der Waals surface area contributed by atoms with Gasteiger partial charge in [0.05, 0.1) is 6.26 Å². The number of anilines is 1. The second kappa shape index (κ2) is 6.96. The van der Waals surface area contributed by atoms with Crippen molar-refractivity contribution in [3.05, 3.63) is 77.8 Å². The van der Waals surface area contributed by atoms with Gasteiger partial charge in [-0.25, -0.2) is 4.98 Å². The summed E-state index contributed by atoms with van der Waals surface area (Å²) in [5, 5.41) is 2.83. The molecule has 0 radical (unpaired) electrons. The van der Waals surface area contributed by atoms with E-state index in [0.29, 0.717) is 17.3 Å². The van der Waals surface area contributed by atoms with Gasteiger partial charge in [-0.05, 0) is 73.5 Å². The van der Waals surface area contributed by atoms with Gasteiger partial charge >= 0.3 is 0 Å². The number of furan rings is 1. The van der Waals surface area contributed by atoms with Crippen LogP contribution in [0, 0.1) is 13.8 Å². The zero-order valence-electron chi connectivity index (χ0n) is 15.0. The number of nitrogens with zero attached hydrogens (tertiary/aromatic N) is 1. The first-order valence-corrected chi connectivity index (χ1v) is 8.59. The molecule has 0 unspecified atom stereocenters. The molecule has 0 atom stereocenters. The minimum Gasteiger partial charge on any atom is -0.465 e. The third kappa shape index (κ3) is 3.67. The summed E-state index contributed by atoms with van der Waals surface area (Å²) in [7, 11) is 0. The molecule has 2 heterocycles. The number of nitrogens with one attached hydrogen (secondary N) is 1. The van der Waals surface area contributed by atoms with Crippen molar-refractivity contribution < 1.29 is 13.6 Å². The monoisotopic (exact) mass is 358 g/mol. The van der Waals surface area contributed by atoms with E-state index in [1.54, 1.807) is 24.5 Å². The number of benzene rings is 2. The van der Waals surface area contributed by atoms with E-state index in [0.717, 1.165) is 22.2 Å². The number of rotatable bonds is 4. The lowest BCUT2D eigenvalue weighted by Gasteiger charge is -2.03. The number of hydrogen-bond donors (Lipinski definition) is 1. The molecule has 5 heteroatoms. The first-order valence-electron chi connectivity index (χ1n) is 8.59. The molecule has 0 saturated heterocycles. The smallest absolute Gasteiger partial charge is 0.248 e. The van der Waals surface area contributed by atoms with Crippen LogP contribution in [0.15, 0.2) is 69.7 Å². The van der Waals surface area contributed by atoms with Crippen LogP contribution in [0.3, 0.4) is 0 Å². The van der Waals surface area contributed by atoms with Gasteiger partial charge in [-0.2, -0.15) is 0 Å². The topological polar surface area (TPSA) is 68.3 Å². The van der Waals surface area contributed by atoms with E-state index >= 15 is 0 Å². The molecule has 0 aliphatic rings. The van der Waals surface area contributed by atoms with Crippen LogP contribution in [0.1, 0.15) is 16.9 Å². The molecule has 134 valence electrons. The Bertz CT molecular complexity index is 1100. The van der Waals surface area contributed by atoms with Crippen LogP contribution in [-0.4, -0.2) is 10.9 Å². The van der Waals surface area contributed by atoms with Crippen LogP contribution in [-0.2, 0) is 4.79 Å². The highest BCUT2D eigenvalue weighted by molar-refractivity contribution is 6.02. The van der Waals surface area contributed by atoms with Crippen molar-refractivity contribution in [3.8, 4) is 11.5 Å². The maximum Gasteiger partial charge on any atom is 0.248 e. The molecule has 27 heavy (non-hydrogen) atoms. The van der Waals surface area contributed by atoms with E-state index in [1.807, 2.05) is 43.3 Å². The lowest BCUT2D eigenvalue weighted by molar-refractivity contribution is -0.111. The molecular weight excluding hydrogens is 340 g/mol. The fraction of sp³-hybridized carbons (Fsp3) is 0.0909. The highest BCUT2D eigenvalue weighted by Gasteiger charge is 2.10. The second-order valence-corrected chi connectivity index (χ2v) is 6.34. The summed E-state index contributed by atoms with van der Waals surface area (Å²) in [4.78, 5) is 16.7. The minimum absolute atomic E-state index is 0.243. The highest BCUT2D eigenvalue weighted by Crippen LogP contribution is 2.27. The van der Waals surface area contributed by atoms with Gasteiger partial charge in [0.25, 0.3) is 0 Å². The summed E-state index contributed by atoms with van der Waals surface area (Å²) in [6.45, 7) is 4.10. The Hall–Kier alpha value is -3.60. The highest BCUT2D eigenvalue weighted by atomic mass is 16.3. The molecule has 4 aromatic rings. The van der Waals surface area contributed by atoms with Crippen LogP contribution >= 0.6 is 0 Å². The van der Waals surface area contributed by atoms with Gasteiger partial charge in [-0.3, -0.25) is 4.79 Å². The summed E-state index contributed by atoms with van der Waals surface area (Å²) in [6, 6.07) is 15.0. The Labute approximate surface area is 156 Å². The predicted molar refractivity (Wildman–Crippen MR) is 105 cm³/mol. The fourth-order valence-electron chi connectivity index (χ4n) is 2.76. The summed E-state index contributed by atoms with van der Waals surface area (Å²) < 4.78 is 11.1. The average Bonchev–Trinajstić information content (AvgIpc) is 3.30. The van der Waals surface area contributed by atoms with E-state index in [2.05, 4.69) is 17.2 Å². The lowest BCUT2D eigenvalue weighted by atomic mass is 10.1. The van der Waals surface area contributed by atoms with Crippen LogP contribution in [0.5, 0.6) is 0 Å². The lowest BCUT2D eigenvalue weighted by Crippen LogP contribution is -2.07. The standard InChI is InChI=1S/C22H18N2O3/c1-14-11-19-20(12-15(14)2)27-22(24-19)16-5-3-6-17(13-16)23-21(25)9-8-18-7-4-10-26-18/h3-13H,1-2H3,(H,23,25). The second-order valence-electron chi connectivity index (χ2n) is 6.34. The first kappa shape index (κ1) is 16.8. The predicted octanol–water partition coefficient (Wildman–Crippen LogP) is 5.36. The number of hydrogen-bond acceptors (Lipinski definition) is 4. The van der Waals surface area contributed by atoms with Crippen molar-refractivity contribution in [1.29, 1.82) is 0 Å². The third-order valence-corrected chi connectivity index (χ3v) is 4.32. The van der Waals surface area contributed by atoms with Crippen LogP contribution < -0.4 is 5.32 Å². The fourth-order valence-corrected chi connectivity index (χ4v) is 2.76. The maximum absolute atomic E-state index is 12.1. The van der Waals surface area contributed by atoms with E-state index < -0.39 is 0 Å². The zero-order valence-corrected chi connectivity index (χ0v) is 15.0. The summed E-state index contributed by atoms with van der Waals surface area (Å²) in [5.41, 5.74) is 5.37. The Morgan fingerprint density at radius 1 is 1.07 bits per heavy atom. The van der Waals surface area contributed by atoms with Crippen molar-refractivity contribution in [2.24, 2.45) is 0 Å². The molecular formula is C22H18N2O3. The van der Waals surface area contributed by atoms with E-state index in [9.17, 15) is 4.79 Å². The Balaban J connectivity index is 1.56. The Morgan fingerprint density at radius 3 is 2.74 bits per heavy atom. The quantitative estimate of drug-likeness (QED) is 0.499. The SMILES string of the molecule is Cc1cc2nc(-c3cccc(NC(=O)C=Cc4ccco4)c3)oc2cc1C. The van der Waals surface area contributed by atoms with Crippen molar-refractivity contribution >= 4 is 28.8 Å². The molecule has 0 saturated carbocycles. The molecule has 0 spiro atoms. The number of carbonyl (C=O) groups excluding carboxylic acids is 1. The minimum atomic E-state index is -0.243. The molecule has 0 aliphatic carbocycles. The van der Waals surface area contributed by atoms with Crippen molar-refractivity contribution in [1.82, 2.24) is 4.98 Å². The molecule has 5 nitrogen and oxygen atoms in total. The number of aromatic nitrogens is 1. The van der Waals surface area contributed by atoms with Crippen LogP contribution in [0.25, 0.3) is 28.6 Å². The molecule has 2 aromatic heterocycles. The number of aryl methyl sites for hydroxylation is 2. The molecule has 2 aromatic carbocycles. The van der Waals surface area contributed by atoms with Crippen LogP contribution in [0.4, 0.5) is 5.69 Å². The van der Waals surface area contributed by atoms with Gasteiger partial charge in [0.1, 0.15) is 11.3 Å². The van der Waals surface area contributed by atoms with Crippen molar-refractivity contribution in [2.75, 3.05) is 5.32 Å². The molecule has 1 amide bonds. The first-order chi connectivity index (χ1) is 13.1. The van der Waals surface area contributed by atoms with Gasteiger partial charge in [-0.1, -0.05) is 6.07 Å². The van der Waals surface area contributed by atoms with E-state index in [4.69, 9.17) is 8.83 Å². The van der Waals surface area contributed by atoms with Crippen LogP contribution in [0.2, 0.25) is 0 Å². The zero-order chi connectivity index (χ0) is 18.8. The Morgan fingerprint density at radius 2 is 1.93 bits per heavy atom. The maximum atomic E-state index is 12.1. The third-order valence-electron chi connectivity index (χ3n) is 4.32. The Kier molecular flexibility index (Phi) is 4.34. The number of carbonyl (C=O) groups is 1. The summed E-state index contributed by atoms with van der Waals surface area (Å²) >= 11 is 0. The normalized spacial score (nSPS) is 11.3. The van der Waals surface area contributed by atoms with Crippen molar-refractivity contribution in [2.45, 2.75) is 13.8 Å². The molecule has 0 fully saturated rings. The molecule has 0 aliphatic heterocycles. The number of fused-ring (bicyclic) bond motifs is 1. The average molecular weight is 358 g/mol. The van der Waals surface area contributed by atoms with E-state index in [-0.39, 0.29) is 5.91 Å². The van der Waals surface area contributed by atoms with E-state index in [1.165, 1.54) is 11.6 Å². The van der Waals surface area contributed by atoms with Gasteiger partial charge < -0.3 is 14.2 Å². The number of amides is 1. The largest absolute Gasteiger partial charge is 0.465 e. The molecule has 0 bridgehead atoms. The molecule has 4 rings (SSSR count). The summed E-state index contributed by atoms with van der Waals surface area (Å²) in [5.74, 6) is 0.903. The summed E-state index contributed by atoms with van der Waals surface area (Å²) in [6.07, 6.45) is 4.60. The van der Waals surface area contributed by atoms with Gasteiger partial charge in [0.15, 0.2) is 5.58 Å². The van der Waals surface area contributed by atoms with Gasteiger partial charge in [-0.15, -0.1) is 0 Å². The number of oxazole rings is 1. The van der Waals surface area contributed by atoms with Gasteiger partial charge in [0, 0.05) is 17.3 Å². The van der Waals surface area contributed by atoms with Gasteiger partial charge in [0.2, 0.25) is 11.8 Å². The van der Waals surface area contributed by atoms with Crippen molar-refractivity contribution in [3.63, 3.8) is 0 Å². The molecule has 1 N–H and O–H groups in total.